The predicted molar refractivity (Wildman–Crippen MR) is 132 cm³/mol. The number of hydrogen-bond acceptors (Lipinski definition) is 6. The maximum absolute atomic E-state index is 13.4. The van der Waals surface area contributed by atoms with Gasteiger partial charge in [0, 0.05) is 43.5 Å². The molecule has 0 aromatic carbocycles. The molecule has 186 valence electrons. The van der Waals surface area contributed by atoms with E-state index in [1.807, 2.05) is 11.7 Å². The van der Waals surface area contributed by atoms with E-state index in [0.717, 1.165) is 44.2 Å². The number of aromatic nitrogens is 5. The minimum atomic E-state index is -0.556. The summed E-state index contributed by atoms with van der Waals surface area (Å²) in [5.74, 6) is -0.212. The van der Waals surface area contributed by atoms with E-state index < -0.39 is 6.04 Å². The van der Waals surface area contributed by atoms with Crippen LogP contribution in [0, 0.1) is 23.2 Å². The Bertz CT molecular complexity index is 1370. The molecule has 2 fully saturated rings. The SMILES string of the molecule is Cn1nc(-c2cnc3[nH]cc(C(=O)N[C@@H](C(=O)N4CCC(C#N)CC4)C4CC4)c3n2)c2c1CCCC2. The number of nitrogens with zero attached hydrogens (tertiary/aromatic N) is 6. The van der Waals surface area contributed by atoms with Crippen molar-refractivity contribution in [3.05, 3.63) is 29.2 Å². The topological polar surface area (TPSA) is 133 Å². The third-order valence-corrected chi connectivity index (χ3v) is 7.87. The van der Waals surface area contributed by atoms with Crippen LogP contribution in [-0.4, -0.2) is 60.6 Å². The maximum atomic E-state index is 13.4. The number of aryl methyl sites for hydroxylation is 1. The third kappa shape index (κ3) is 4.02. The van der Waals surface area contributed by atoms with Gasteiger partial charge in [-0.1, -0.05) is 0 Å². The van der Waals surface area contributed by atoms with E-state index in [1.54, 1.807) is 17.3 Å². The van der Waals surface area contributed by atoms with Gasteiger partial charge in [-0.2, -0.15) is 10.4 Å². The van der Waals surface area contributed by atoms with Crippen LogP contribution >= 0.6 is 0 Å². The lowest BCUT2D eigenvalue weighted by Crippen LogP contribution is -2.51. The average Bonchev–Trinajstić information content (AvgIpc) is 3.58. The molecule has 0 spiro atoms. The first-order chi connectivity index (χ1) is 17.5. The Morgan fingerprint density at radius 1 is 1.19 bits per heavy atom. The predicted octanol–water partition coefficient (Wildman–Crippen LogP) is 2.51. The summed E-state index contributed by atoms with van der Waals surface area (Å²) in [6, 6.07) is 1.74. The maximum Gasteiger partial charge on any atom is 0.255 e. The van der Waals surface area contributed by atoms with Crippen molar-refractivity contribution >= 4 is 23.0 Å². The Balaban J connectivity index is 1.25. The number of nitriles is 1. The fourth-order valence-corrected chi connectivity index (χ4v) is 5.61. The Morgan fingerprint density at radius 2 is 1.97 bits per heavy atom. The van der Waals surface area contributed by atoms with Gasteiger partial charge in [0.2, 0.25) is 5.91 Å². The van der Waals surface area contributed by atoms with Crippen molar-refractivity contribution in [1.29, 1.82) is 5.26 Å². The lowest BCUT2D eigenvalue weighted by molar-refractivity contribution is -0.135. The highest BCUT2D eigenvalue weighted by molar-refractivity contribution is 6.06. The molecule has 4 heterocycles. The molecule has 10 nitrogen and oxygen atoms in total. The number of H-pyrrole nitrogens is 1. The molecule has 10 heteroatoms. The van der Waals surface area contributed by atoms with Gasteiger partial charge in [0.05, 0.1) is 17.8 Å². The summed E-state index contributed by atoms with van der Waals surface area (Å²) < 4.78 is 1.94. The number of hydrogen-bond donors (Lipinski definition) is 2. The van der Waals surface area contributed by atoms with Gasteiger partial charge >= 0.3 is 0 Å². The quantitative estimate of drug-likeness (QED) is 0.569. The van der Waals surface area contributed by atoms with Crippen molar-refractivity contribution in [3.63, 3.8) is 0 Å². The standard InChI is InChI=1S/C26H30N8O2/c1-33-20-5-3-2-4-17(20)22(32-33)19-14-29-24-23(30-19)18(13-28-24)25(35)31-21(16-6-7-16)26(36)34-10-8-15(12-27)9-11-34/h13-16,21H,2-11H2,1H3,(H,28,29)(H,31,35)/t21-/m1/s1. The van der Waals surface area contributed by atoms with Crippen LogP contribution in [0.4, 0.5) is 0 Å². The Morgan fingerprint density at radius 3 is 2.72 bits per heavy atom. The number of nitrogens with one attached hydrogen (secondary N) is 2. The monoisotopic (exact) mass is 486 g/mol. The van der Waals surface area contributed by atoms with Crippen LogP contribution in [0.3, 0.4) is 0 Å². The van der Waals surface area contributed by atoms with Crippen LogP contribution in [0.1, 0.15) is 60.1 Å². The molecule has 1 atom stereocenters. The highest BCUT2D eigenvalue weighted by Gasteiger charge is 2.40. The minimum Gasteiger partial charge on any atom is -0.344 e. The van der Waals surface area contributed by atoms with Gasteiger partial charge in [-0.3, -0.25) is 14.3 Å². The van der Waals surface area contributed by atoms with Crippen molar-refractivity contribution in [3.8, 4) is 17.5 Å². The van der Waals surface area contributed by atoms with Crippen LogP contribution in [0.15, 0.2) is 12.4 Å². The second kappa shape index (κ2) is 9.04. The number of likely N-dealkylation sites (tertiary alicyclic amines) is 1. The zero-order valence-electron chi connectivity index (χ0n) is 20.5. The van der Waals surface area contributed by atoms with E-state index in [0.29, 0.717) is 48.4 Å². The van der Waals surface area contributed by atoms with Gasteiger partial charge < -0.3 is 15.2 Å². The molecule has 3 aromatic heterocycles. The lowest BCUT2D eigenvalue weighted by atomic mass is 9.95. The van der Waals surface area contributed by atoms with Crippen molar-refractivity contribution < 1.29 is 9.59 Å². The highest BCUT2D eigenvalue weighted by atomic mass is 16.2. The molecule has 2 N–H and O–H groups in total. The Hall–Kier alpha value is -3.74. The molecular weight excluding hydrogens is 456 g/mol. The van der Waals surface area contributed by atoms with Crippen LogP contribution in [0.5, 0.6) is 0 Å². The third-order valence-electron chi connectivity index (χ3n) is 7.87. The summed E-state index contributed by atoms with van der Waals surface area (Å²) in [6.07, 6.45) is 10.8. The number of amides is 2. The number of aromatic amines is 1. The Labute approximate surface area is 209 Å². The lowest BCUT2D eigenvalue weighted by Gasteiger charge is -2.32. The van der Waals surface area contributed by atoms with E-state index in [4.69, 9.17) is 15.3 Å². The van der Waals surface area contributed by atoms with Gasteiger partial charge in [-0.15, -0.1) is 0 Å². The van der Waals surface area contributed by atoms with E-state index >= 15 is 0 Å². The van der Waals surface area contributed by atoms with Gasteiger partial charge in [-0.05, 0) is 57.3 Å². The molecule has 1 saturated carbocycles. The summed E-state index contributed by atoms with van der Waals surface area (Å²) in [5.41, 5.74) is 5.35. The molecule has 0 radical (unpaired) electrons. The smallest absolute Gasteiger partial charge is 0.255 e. The van der Waals surface area contributed by atoms with Gasteiger partial charge in [-0.25, -0.2) is 9.97 Å². The molecule has 3 aliphatic rings. The molecule has 0 unspecified atom stereocenters. The summed E-state index contributed by atoms with van der Waals surface area (Å²) in [7, 11) is 1.96. The summed E-state index contributed by atoms with van der Waals surface area (Å²) in [4.78, 5) is 40.9. The van der Waals surface area contributed by atoms with Crippen molar-refractivity contribution in [2.75, 3.05) is 13.1 Å². The first-order valence-corrected chi connectivity index (χ1v) is 12.9. The molecule has 3 aromatic rings. The van der Waals surface area contributed by atoms with E-state index in [1.165, 1.54) is 11.3 Å². The number of fused-ring (bicyclic) bond motifs is 2. The number of rotatable bonds is 5. The first-order valence-electron chi connectivity index (χ1n) is 12.9. The van der Waals surface area contributed by atoms with E-state index in [-0.39, 0.29) is 23.7 Å². The van der Waals surface area contributed by atoms with Crippen LogP contribution in [-0.2, 0) is 24.7 Å². The average molecular weight is 487 g/mol. The van der Waals surface area contributed by atoms with E-state index in [2.05, 4.69) is 21.4 Å². The molecular formula is C26H30N8O2. The van der Waals surface area contributed by atoms with Crippen molar-refractivity contribution in [1.82, 2.24) is 34.9 Å². The summed E-state index contributed by atoms with van der Waals surface area (Å²) in [6.45, 7) is 1.12. The second-order valence-electron chi connectivity index (χ2n) is 10.3. The highest BCUT2D eigenvalue weighted by Crippen LogP contribution is 2.35. The van der Waals surface area contributed by atoms with Crippen molar-refractivity contribution in [2.45, 2.75) is 57.4 Å². The largest absolute Gasteiger partial charge is 0.344 e. The van der Waals surface area contributed by atoms with E-state index in [9.17, 15) is 9.59 Å². The number of carbonyl (C=O) groups excluding carboxylic acids is 2. The zero-order valence-corrected chi connectivity index (χ0v) is 20.5. The summed E-state index contributed by atoms with van der Waals surface area (Å²) in [5, 5.41) is 16.9. The fraction of sp³-hybridized carbons (Fsp3) is 0.538. The van der Waals surface area contributed by atoms with Crippen LogP contribution < -0.4 is 5.32 Å². The van der Waals surface area contributed by atoms with Crippen LogP contribution in [0.2, 0.25) is 0 Å². The second-order valence-corrected chi connectivity index (χ2v) is 10.3. The minimum absolute atomic E-state index is 0.00622. The number of carbonyl (C=O) groups is 2. The molecule has 1 saturated heterocycles. The molecule has 0 bridgehead atoms. The van der Waals surface area contributed by atoms with Crippen molar-refractivity contribution in [2.24, 2.45) is 18.9 Å². The molecule has 1 aliphatic heterocycles. The summed E-state index contributed by atoms with van der Waals surface area (Å²) >= 11 is 0. The molecule has 2 amide bonds. The molecule has 6 rings (SSSR count). The van der Waals surface area contributed by atoms with Gasteiger partial charge in [0.1, 0.15) is 22.9 Å². The number of piperidine rings is 1. The van der Waals surface area contributed by atoms with Gasteiger partial charge in [0.15, 0.2) is 5.65 Å². The Kier molecular flexibility index (Phi) is 5.70. The first kappa shape index (κ1) is 22.7. The van der Waals surface area contributed by atoms with Gasteiger partial charge in [0.25, 0.3) is 5.91 Å². The zero-order chi connectivity index (χ0) is 24.8. The molecule has 36 heavy (non-hydrogen) atoms. The molecule has 2 aliphatic carbocycles. The normalized spacial score (nSPS) is 19.1. The fourth-order valence-electron chi connectivity index (χ4n) is 5.61. The van der Waals surface area contributed by atoms with Crippen LogP contribution in [0.25, 0.3) is 22.6 Å².